The Bertz CT molecular complexity index is 606. The lowest BCUT2D eigenvalue weighted by atomic mass is 10.2. The molecule has 0 unspecified atom stereocenters. The van der Waals surface area contributed by atoms with E-state index in [4.69, 9.17) is 5.11 Å². The summed E-state index contributed by atoms with van der Waals surface area (Å²) < 4.78 is 1.41. The van der Waals surface area contributed by atoms with Crippen LogP contribution in [0.2, 0.25) is 0 Å². The smallest absolute Gasteiger partial charge is 0.410 e. The summed E-state index contributed by atoms with van der Waals surface area (Å²) >= 11 is 0. The van der Waals surface area contributed by atoms with Crippen molar-refractivity contribution >= 4 is 11.9 Å². The molecule has 2 aromatic rings. The first-order valence-electron chi connectivity index (χ1n) is 5.18. The number of hydrogen-bond donors (Lipinski definition) is 3. The highest BCUT2D eigenvalue weighted by molar-refractivity contribution is 5.87. The first-order valence-corrected chi connectivity index (χ1v) is 5.18. The van der Waals surface area contributed by atoms with Gasteiger partial charge in [-0.05, 0) is 19.1 Å². The molecule has 7 heteroatoms. The number of aromatic nitrogens is 3. The predicted octanol–water partition coefficient (Wildman–Crippen LogP) is 1.59. The maximum atomic E-state index is 10.7. The Labute approximate surface area is 103 Å². The molecule has 0 aliphatic carbocycles. The van der Waals surface area contributed by atoms with Crippen molar-refractivity contribution in [3.8, 4) is 17.0 Å². The monoisotopic (exact) mass is 248 g/mol. The maximum absolute atomic E-state index is 10.7. The topological polar surface area (TPSA) is 100 Å². The molecule has 2 aromatic heterocycles. The SMILES string of the molecule is Cc1nc(-c2cnn(C)c2NC(=O)O)ccc1O. The molecule has 3 N–H and O–H groups in total. The van der Waals surface area contributed by atoms with Crippen LogP contribution in [0.1, 0.15) is 5.69 Å². The quantitative estimate of drug-likeness (QED) is 0.749. The number of carbonyl (C=O) groups is 1. The fraction of sp³-hybridized carbons (Fsp3) is 0.182. The molecule has 0 saturated carbocycles. The molecule has 0 radical (unpaired) electrons. The van der Waals surface area contributed by atoms with Gasteiger partial charge in [-0.1, -0.05) is 0 Å². The number of rotatable bonds is 2. The van der Waals surface area contributed by atoms with Crippen molar-refractivity contribution in [2.75, 3.05) is 5.32 Å². The largest absolute Gasteiger partial charge is 0.506 e. The van der Waals surface area contributed by atoms with E-state index < -0.39 is 6.09 Å². The third-order valence-corrected chi connectivity index (χ3v) is 2.50. The second-order valence-corrected chi connectivity index (χ2v) is 3.76. The van der Waals surface area contributed by atoms with E-state index in [1.807, 2.05) is 0 Å². The van der Waals surface area contributed by atoms with Crippen molar-refractivity contribution in [2.24, 2.45) is 7.05 Å². The summed E-state index contributed by atoms with van der Waals surface area (Å²) in [6.07, 6.45) is 0.347. The van der Waals surface area contributed by atoms with Crippen LogP contribution in [0.15, 0.2) is 18.3 Å². The van der Waals surface area contributed by atoms with Crippen molar-refractivity contribution in [1.82, 2.24) is 14.8 Å². The number of carboxylic acid groups (broad SMARTS) is 1. The van der Waals surface area contributed by atoms with Crippen LogP contribution in [0.5, 0.6) is 5.75 Å². The average Bonchev–Trinajstić information content (AvgIpc) is 2.64. The van der Waals surface area contributed by atoms with Crippen LogP contribution in [-0.2, 0) is 7.05 Å². The maximum Gasteiger partial charge on any atom is 0.410 e. The van der Waals surface area contributed by atoms with Gasteiger partial charge in [0.1, 0.15) is 11.6 Å². The first-order chi connectivity index (χ1) is 8.49. The lowest BCUT2D eigenvalue weighted by Gasteiger charge is -2.06. The average molecular weight is 248 g/mol. The predicted molar refractivity (Wildman–Crippen MR) is 64.5 cm³/mol. The van der Waals surface area contributed by atoms with Gasteiger partial charge in [0.2, 0.25) is 0 Å². The van der Waals surface area contributed by atoms with Crippen molar-refractivity contribution in [3.63, 3.8) is 0 Å². The van der Waals surface area contributed by atoms with Gasteiger partial charge < -0.3 is 10.2 Å². The highest BCUT2D eigenvalue weighted by Gasteiger charge is 2.14. The third-order valence-electron chi connectivity index (χ3n) is 2.50. The van der Waals surface area contributed by atoms with Crippen LogP contribution >= 0.6 is 0 Å². The summed E-state index contributed by atoms with van der Waals surface area (Å²) in [5, 5.41) is 24.4. The lowest BCUT2D eigenvalue weighted by Crippen LogP contribution is -2.11. The number of nitrogens with one attached hydrogen (secondary N) is 1. The minimum atomic E-state index is -1.17. The molecule has 0 aromatic carbocycles. The van der Waals surface area contributed by atoms with E-state index >= 15 is 0 Å². The molecule has 0 saturated heterocycles. The lowest BCUT2D eigenvalue weighted by molar-refractivity contribution is 0.209. The van der Waals surface area contributed by atoms with E-state index in [9.17, 15) is 9.90 Å². The molecule has 1 amide bonds. The number of aromatic hydroxyl groups is 1. The van der Waals surface area contributed by atoms with Gasteiger partial charge in [-0.25, -0.2) is 9.78 Å². The number of aryl methyl sites for hydroxylation is 2. The van der Waals surface area contributed by atoms with Crippen molar-refractivity contribution in [1.29, 1.82) is 0 Å². The van der Waals surface area contributed by atoms with Gasteiger partial charge in [-0.15, -0.1) is 0 Å². The first kappa shape index (κ1) is 11.9. The van der Waals surface area contributed by atoms with E-state index in [1.54, 1.807) is 20.0 Å². The standard InChI is InChI=1S/C11H12N4O3/c1-6-9(16)4-3-8(13-6)7-5-12-15(2)10(7)14-11(17)18/h3-5,14,16H,1-2H3,(H,17,18). The van der Waals surface area contributed by atoms with E-state index in [0.717, 1.165) is 0 Å². The van der Waals surface area contributed by atoms with Crippen molar-refractivity contribution in [3.05, 3.63) is 24.0 Å². The summed E-state index contributed by atoms with van der Waals surface area (Å²) in [6, 6.07) is 3.11. The molecule has 94 valence electrons. The molecule has 0 bridgehead atoms. The number of pyridine rings is 1. The number of amides is 1. The Kier molecular flexibility index (Phi) is 2.88. The Morgan fingerprint density at radius 2 is 2.17 bits per heavy atom. The van der Waals surface area contributed by atoms with Gasteiger partial charge in [0, 0.05) is 7.05 Å². The van der Waals surface area contributed by atoms with Crippen LogP contribution in [0.4, 0.5) is 10.6 Å². The third kappa shape index (κ3) is 2.10. The zero-order chi connectivity index (χ0) is 13.3. The van der Waals surface area contributed by atoms with Crippen LogP contribution in [0, 0.1) is 6.92 Å². The Morgan fingerprint density at radius 3 is 2.78 bits per heavy atom. The summed E-state index contributed by atoms with van der Waals surface area (Å²) in [5.41, 5.74) is 1.57. The van der Waals surface area contributed by atoms with E-state index in [2.05, 4.69) is 15.4 Å². The molecule has 18 heavy (non-hydrogen) atoms. The molecule has 0 spiro atoms. The fourth-order valence-electron chi connectivity index (χ4n) is 1.58. The summed E-state index contributed by atoms with van der Waals surface area (Å²) in [7, 11) is 1.63. The minimum Gasteiger partial charge on any atom is -0.506 e. The molecule has 0 aliphatic heterocycles. The highest BCUT2D eigenvalue weighted by atomic mass is 16.4. The van der Waals surface area contributed by atoms with Gasteiger partial charge in [-0.3, -0.25) is 10.00 Å². The molecule has 0 aliphatic rings. The Hall–Kier alpha value is -2.57. The number of nitrogens with zero attached hydrogens (tertiary/aromatic N) is 3. The van der Waals surface area contributed by atoms with Gasteiger partial charge in [0.15, 0.2) is 0 Å². The van der Waals surface area contributed by atoms with Crippen LogP contribution < -0.4 is 5.32 Å². The molecule has 2 rings (SSSR count). The van der Waals surface area contributed by atoms with Gasteiger partial charge in [0.05, 0.1) is 23.1 Å². The molecule has 2 heterocycles. The summed E-state index contributed by atoms with van der Waals surface area (Å²) in [5.74, 6) is 0.426. The molecular formula is C11H12N4O3. The Morgan fingerprint density at radius 1 is 1.44 bits per heavy atom. The van der Waals surface area contributed by atoms with Crippen LogP contribution in [0.3, 0.4) is 0 Å². The fourth-order valence-corrected chi connectivity index (χ4v) is 1.58. The molecule has 0 fully saturated rings. The van der Waals surface area contributed by atoms with E-state index in [1.165, 1.54) is 16.9 Å². The molecule has 7 nitrogen and oxygen atoms in total. The molecular weight excluding hydrogens is 236 g/mol. The van der Waals surface area contributed by atoms with E-state index in [0.29, 0.717) is 22.8 Å². The zero-order valence-electron chi connectivity index (χ0n) is 9.88. The minimum absolute atomic E-state index is 0.0929. The van der Waals surface area contributed by atoms with Crippen LogP contribution in [0.25, 0.3) is 11.3 Å². The van der Waals surface area contributed by atoms with Crippen LogP contribution in [-0.4, -0.2) is 31.1 Å². The number of hydrogen-bond acceptors (Lipinski definition) is 4. The highest BCUT2D eigenvalue weighted by Crippen LogP contribution is 2.27. The van der Waals surface area contributed by atoms with Crippen molar-refractivity contribution in [2.45, 2.75) is 6.92 Å². The summed E-state index contributed by atoms with van der Waals surface area (Å²) in [4.78, 5) is 14.9. The second-order valence-electron chi connectivity index (χ2n) is 3.76. The Balaban J connectivity index is 2.50. The number of anilines is 1. The van der Waals surface area contributed by atoms with Crippen molar-refractivity contribution < 1.29 is 15.0 Å². The van der Waals surface area contributed by atoms with Gasteiger partial charge >= 0.3 is 6.09 Å². The van der Waals surface area contributed by atoms with Gasteiger partial charge in [-0.2, -0.15) is 5.10 Å². The molecule has 0 atom stereocenters. The van der Waals surface area contributed by atoms with E-state index in [-0.39, 0.29) is 5.75 Å². The zero-order valence-corrected chi connectivity index (χ0v) is 9.88. The summed E-state index contributed by atoms with van der Waals surface area (Å²) in [6.45, 7) is 1.67. The van der Waals surface area contributed by atoms with Gasteiger partial charge in [0.25, 0.3) is 0 Å². The normalized spacial score (nSPS) is 10.3. The second kappa shape index (κ2) is 4.36.